The Morgan fingerprint density at radius 3 is 2.25 bits per heavy atom. The van der Waals surface area contributed by atoms with Gasteiger partial charge in [0, 0.05) is 0 Å². The molecule has 0 aliphatic rings. The van der Waals surface area contributed by atoms with Gasteiger partial charge in [-0.15, -0.1) is 0 Å². The molecule has 0 aromatic heterocycles. The Balaban J connectivity index is 3.28. The van der Waals surface area contributed by atoms with Crippen LogP contribution in [0.3, 0.4) is 0 Å². The lowest BCUT2D eigenvalue weighted by Crippen LogP contribution is -2.19. The largest absolute Gasteiger partial charge is 0.380 e. The molecule has 5 nitrogen and oxygen atoms in total. The molecule has 2 N–H and O–H groups in total. The molecular weight excluding hydrogens is 248 g/mol. The minimum absolute atomic E-state index is 0.214. The lowest BCUT2D eigenvalue weighted by molar-refractivity contribution is 0.484. The normalized spacial score (nSPS) is 10.7. The van der Waals surface area contributed by atoms with Crippen molar-refractivity contribution < 1.29 is 12.6 Å². The summed E-state index contributed by atoms with van der Waals surface area (Å²) in [7, 11) is -4.01. The number of thiocarbonyl (C=S) groups is 1. The summed E-state index contributed by atoms with van der Waals surface area (Å²) >= 11 is 4.48. The van der Waals surface area contributed by atoms with Crippen LogP contribution >= 0.6 is 12.2 Å². The molecule has 0 aliphatic heterocycles. The first-order valence-corrected chi connectivity index (χ1v) is 6.13. The van der Waals surface area contributed by atoms with E-state index in [1.807, 2.05) is 0 Å². The van der Waals surface area contributed by atoms with E-state index >= 15 is 0 Å². The van der Waals surface area contributed by atoms with E-state index in [1.165, 1.54) is 0 Å². The number of aliphatic imine (C=N–C) groups is 1. The maximum atomic E-state index is 10.8. The molecule has 1 rings (SSSR count). The first-order chi connectivity index (χ1) is 7.33. The fourth-order valence-electron chi connectivity index (χ4n) is 1.29. The molecule has 86 valence electrons. The van der Waals surface area contributed by atoms with Crippen molar-refractivity contribution in [3.8, 4) is 5.75 Å². The minimum Gasteiger partial charge on any atom is -0.370 e. The lowest BCUT2D eigenvalue weighted by atomic mass is 10.1. The highest BCUT2D eigenvalue weighted by atomic mass is 32.2. The molecule has 0 fully saturated rings. The average Bonchev–Trinajstić information content (AvgIpc) is 2.10. The fraction of sp³-hybridized carbons (Fsp3) is 0.222. The third-order valence-electron chi connectivity index (χ3n) is 1.82. The van der Waals surface area contributed by atoms with E-state index in [2.05, 4.69) is 26.6 Å². The Bertz CT molecular complexity index is 537. The van der Waals surface area contributed by atoms with E-state index in [9.17, 15) is 8.42 Å². The zero-order valence-corrected chi connectivity index (χ0v) is 10.4. The maximum Gasteiger partial charge on any atom is 0.380 e. The van der Waals surface area contributed by atoms with Gasteiger partial charge in [-0.2, -0.15) is 18.5 Å². The highest BCUT2D eigenvalue weighted by Gasteiger charge is 2.12. The third kappa shape index (κ3) is 3.39. The van der Waals surface area contributed by atoms with Gasteiger partial charge in [-0.25, -0.2) is 0 Å². The zero-order valence-electron chi connectivity index (χ0n) is 8.72. The molecule has 0 radical (unpaired) electrons. The first kappa shape index (κ1) is 12.8. The monoisotopic (exact) mass is 258 g/mol. The minimum atomic E-state index is -4.01. The second-order valence-corrected chi connectivity index (χ2v) is 4.52. The van der Waals surface area contributed by atoms with Gasteiger partial charge in [0.1, 0.15) is 5.75 Å². The zero-order chi connectivity index (χ0) is 12.3. The van der Waals surface area contributed by atoms with Gasteiger partial charge in [0.05, 0.1) is 10.8 Å². The molecular formula is C9H10N2O3S2. The van der Waals surface area contributed by atoms with Crippen LogP contribution in [0.1, 0.15) is 11.1 Å². The number of benzene rings is 1. The summed E-state index contributed by atoms with van der Waals surface area (Å²) in [5, 5.41) is 7.03. The number of rotatable bonds is 3. The molecule has 0 heterocycles. The van der Waals surface area contributed by atoms with Crippen LogP contribution in [0, 0.1) is 13.8 Å². The molecule has 0 atom stereocenters. The van der Waals surface area contributed by atoms with Crippen LogP contribution in [0.15, 0.2) is 17.1 Å². The van der Waals surface area contributed by atoms with Crippen molar-refractivity contribution in [2.75, 3.05) is 0 Å². The average molecular weight is 258 g/mol. The molecule has 0 saturated heterocycles. The van der Waals surface area contributed by atoms with E-state index in [-0.39, 0.29) is 5.75 Å². The van der Waals surface area contributed by atoms with Gasteiger partial charge in [-0.3, -0.25) is 0 Å². The Kier molecular flexibility index (Phi) is 3.77. The van der Waals surface area contributed by atoms with Gasteiger partial charge < -0.3 is 4.18 Å². The summed E-state index contributed by atoms with van der Waals surface area (Å²) in [4.78, 5) is 3.79. The summed E-state index contributed by atoms with van der Waals surface area (Å²) in [6.45, 7) is 3.38. The molecule has 16 heavy (non-hydrogen) atoms. The van der Waals surface area contributed by atoms with Crippen LogP contribution < -0.4 is 9.32 Å². The molecule has 0 amide bonds. The van der Waals surface area contributed by atoms with Crippen LogP contribution in [0.4, 0.5) is 5.69 Å². The van der Waals surface area contributed by atoms with Crippen molar-refractivity contribution in [3.05, 3.63) is 23.3 Å². The summed E-state index contributed by atoms with van der Waals surface area (Å²) < 4.78 is 26.3. The Morgan fingerprint density at radius 2 is 1.88 bits per heavy atom. The van der Waals surface area contributed by atoms with Gasteiger partial charge in [-0.05, 0) is 49.3 Å². The number of hydrogen-bond acceptors (Lipinski definition) is 5. The van der Waals surface area contributed by atoms with Gasteiger partial charge in [0.2, 0.25) is 0 Å². The van der Waals surface area contributed by atoms with E-state index in [1.54, 1.807) is 26.0 Å². The van der Waals surface area contributed by atoms with Crippen LogP contribution in [0.2, 0.25) is 0 Å². The van der Waals surface area contributed by atoms with Crippen LogP contribution in [0.25, 0.3) is 0 Å². The lowest BCUT2D eigenvalue weighted by Gasteiger charge is -2.09. The number of aryl methyl sites for hydroxylation is 2. The molecule has 0 bridgehead atoms. The Hall–Kier alpha value is -1.27. The highest BCUT2D eigenvalue weighted by molar-refractivity contribution is 7.84. The second-order valence-electron chi connectivity index (χ2n) is 3.19. The number of hydrogen-bond donors (Lipinski definition) is 1. The molecule has 1 aromatic carbocycles. The molecule has 0 saturated carbocycles. The molecule has 0 spiro atoms. The summed E-state index contributed by atoms with van der Waals surface area (Å²) in [6, 6.07) is 3.26. The fourth-order valence-corrected chi connectivity index (χ4v) is 1.89. The SMILES string of the molecule is Cc1cc(N=C=S)cc(C)c1OS(N)(=O)=O. The van der Waals surface area contributed by atoms with Gasteiger partial charge in [0.25, 0.3) is 0 Å². The Labute approximate surface area is 99.2 Å². The van der Waals surface area contributed by atoms with Crippen LogP contribution in [0.5, 0.6) is 5.75 Å². The topological polar surface area (TPSA) is 81.8 Å². The van der Waals surface area contributed by atoms with Gasteiger partial charge in [-0.1, -0.05) is 0 Å². The summed E-state index contributed by atoms with van der Waals surface area (Å²) in [6.07, 6.45) is 0. The molecule has 0 unspecified atom stereocenters. The van der Waals surface area contributed by atoms with Crippen molar-refractivity contribution in [1.29, 1.82) is 0 Å². The maximum absolute atomic E-state index is 10.8. The predicted molar refractivity (Wildman–Crippen MR) is 64.3 cm³/mol. The van der Waals surface area contributed by atoms with Crippen molar-refractivity contribution in [2.24, 2.45) is 10.1 Å². The predicted octanol–water partition coefficient (Wildman–Crippen LogP) is 1.62. The summed E-state index contributed by atoms with van der Waals surface area (Å²) in [5.74, 6) is 0.214. The van der Waals surface area contributed by atoms with Crippen molar-refractivity contribution in [1.82, 2.24) is 0 Å². The second kappa shape index (κ2) is 4.71. The molecule has 7 heteroatoms. The van der Waals surface area contributed by atoms with Gasteiger partial charge in [0.15, 0.2) is 0 Å². The summed E-state index contributed by atoms with van der Waals surface area (Å²) in [5.41, 5.74) is 1.81. The van der Waals surface area contributed by atoms with Crippen molar-refractivity contribution >= 4 is 33.4 Å². The first-order valence-electron chi connectivity index (χ1n) is 4.25. The van der Waals surface area contributed by atoms with E-state index in [0.717, 1.165) is 0 Å². The van der Waals surface area contributed by atoms with Gasteiger partial charge >= 0.3 is 10.3 Å². The third-order valence-corrected chi connectivity index (χ3v) is 2.31. The standard InChI is InChI=1S/C9H10N2O3S2/c1-6-3-8(11-5-15)4-7(2)9(6)14-16(10,12)13/h3-4H,1-2H3,(H2,10,12,13). The molecule has 1 aromatic rings. The van der Waals surface area contributed by atoms with E-state index in [0.29, 0.717) is 16.8 Å². The smallest absolute Gasteiger partial charge is 0.370 e. The highest BCUT2D eigenvalue weighted by Crippen LogP contribution is 2.28. The number of nitrogens with zero attached hydrogens (tertiary/aromatic N) is 1. The molecule has 0 aliphatic carbocycles. The van der Waals surface area contributed by atoms with Crippen molar-refractivity contribution in [3.63, 3.8) is 0 Å². The number of nitrogens with two attached hydrogens (primary N) is 1. The number of isothiocyanates is 1. The van der Waals surface area contributed by atoms with E-state index in [4.69, 9.17) is 5.14 Å². The van der Waals surface area contributed by atoms with Crippen molar-refractivity contribution in [2.45, 2.75) is 13.8 Å². The quantitative estimate of drug-likeness (QED) is 0.659. The Morgan fingerprint density at radius 1 is 1.38 bits per heavy atom. The van der Waals surface area contributed by atoms with E-state index < -0.39 is 10.3 Å². The van der Waals surface area contributed by atoms with Crippen LogP contribution in [-0.4, -0.2) is 13.6 Å². The van der Waals surface area contributed by atoms with Crippen LogP contribution in [-0.2, 0) is 10.3 Å².